The number of benzene rings is 1. The van der Waals surface area contributed by atoms with E-state index < -0.39 is 0 Å². The molecule has 1 aliphatic carbocycles. The van der Waals surface area contributed by atoms with Gasteiger partial charge in [0.25, 0.3) is 0 Å². The Balaban J connectivity index is 1.07. The summed E-state index contributed by atoms with van der Waals surface area (Å²) in [7, 11) is 0. The van der Waals surface area contributed by atoms with E-state index in [0.29, 0.717) is 23.6 Å². The topological polar surface area (TPSA) is 63.9 Å². The normalized spacial score (nSPS) is 23.5. The predicted molar refractivity (Wildman–Crippen MR) is 136 cm³/mol. The van der Waals surface area contributed by atoms with Crippen molar-refractivity contribution in [2.75, 3.05) is 56.7 Å². The molecule has 5 rings (SSSR count). The van der Waals surface area contributed by atoms with E-state index in [1.54, 1.807) is 11.8 Å². The van der Waals surface area contributed by atoms with Crippen LogP contribution < -0.4 is 4.90 Å². The predicted octanol–water partition coefficient (Wildman–Crippen LogP) is 4.17. The van der Waals surface area contributed by atoms with E-state index in [9.17, 15) is 0 Å². The third-order valence-corrected chi connectivity index (χ3v) is 7.52. The summed E-state index contributed by atoms with van der Waals surface area (Å²) in [5.74, 6) is 2.85. The van der Waals surface area contributed by atoms with E-state index in [0.717, 1.165) is 70.2 Å². The van der Waals surface area contributed by atoms with Crippen LogP contribution in [0.25, 0.3) is 11.5 Å². The van der Waals surface area contributed by atoms with Gasteiger partial charge in [-0.15, -0.1) is 22.0 Å². The summed E-state index contributed by atoms with van der Waals surface area (Å²) in [6.45, 7) is 6.86. The highest BCUT2D eigenvalue weighted by atomic mass is 32.2. The zero-order valence-corrected chi connectivity index (χ0v) is 20.5. The fourth-order valence-electron chi connectivity index (χ4n) is 4.75. The van der Waals surface area contributed by atoms with Crippen molar-refractivity contribution in [2.45, 2.75) is 37.2 Å². The Kier molecular flexibility index (Phi) is 8.34. The number of nitrogens with zero attached hydrogens (tertiary/aromatic N) is 4. The van der Waals surface area contributed by atoms with E-state index in [-0.39, 0.29) is 6.10 Å². The molecule has 2 unspecified atom stereocenters. The molecule has 1 aromatic carbocycles. The van der Waals surface area contributed by atoms with Gasteiger partial charge in [0, 0.05) is 55.8 Å². The molecule has 3 aliphatic rings. The van der Waals surface area contributed by atoms with Gasteiger partial charge in [0.05, 0.1) is 25.1 Å². The lowest BCUT2D eigenvalue weighted by atomic mass is 10.1. The lowest BCUT2D eigenvalue weighted by Crippen LogP contribution is -2.39. The molecule has 0 amide bonds. The maximum atomic E-state index is 5.90. The van der Waals surface area contributed by atoms with Crippen LogP contribution >= 0.6 is 11.8 Å². The molecule has 182 valence electrons. The Morgan fingerprint density at radius 1 is 1.06 bits per heavy atom. The molecule has 2 aromatic rings. The molecule has 2 fully saturated rings. The zero-order chi connectivity index (χ0) is 23.0. The van der Waals surface area contributed by atoms with Crippen LogP contribution in [0, 0.1) is 0 Å². The van der Waals surface area contributed by atoms with Gasteiger partial charge in [0.1, 0.15) is 0 Å². The Morgan fingerprint density at radius 2 is 2.00 bits per heavy atom. The van der Waals surface area contributed by atoms with Crippen molar-refractivity contribution in [1.29, 1.82) is 0 Å². The fourth-order valence-corrected chi connectivity index (χ4v) is 5.40. The SMILES string of the molecule is C1=CCC(OCCSCc2nnc(-c3ccc(N4CCC(N5CCCOCC5)C4)cc3)o2)C=C1. The molecule has 0 N–H and O–H groups in total. The van der Waals surface area contributed by atoms with E-state index >= 15 is 0 Å². The summed E-state index contributed by atoms with van der Waals surface area (Å²) >= 11 is 1.75. The first-order valence-corrected chi connectivity index (χ1v) is 13.5. The fraction of sp³-hybridized carbons (Fsp3) is 0.538. The first-order chi connectivity index (χ1) is 16.8. The minimum atomic E-state index is 0.207. The largest absolute Gasteiger partial charge is 0.420 e. The molecule has 7 nitrogen and oxygen atoms in total. The van der Waals surface area contributed by atoms with Gasteiger partial charge < -0.3 is 18.8 Å². The molecule has 34 heavy (non-hydrogen) atoms. The van der Waals surface area contributed by atoms with Gasteiger partial charge in [-0.3, -0.25) is 4.90 Å². The average molecular weight is 483 g/mol. The van der Waals surface area contributed by atoms with Gasteiger partial charge in [0.15, 0.2) is 0 Å². The van der Waals surface area contributed by atoms with Crippen LogP contribution in [-0.4, -0.2) is 79.0 Å². The Morgan fingerprint density at radius 3 is 2.88 bits per heavy atom. The van der Waals surface area contributed by atoms with Crippen LogP contribution in [0.5, 0.6) is 0 Å². The number of hydrogen-bond donors (Lipinski definition) is 0. The monoisotopic (exact) mass is 482 g/mol. The summed E-state index contributed by atoms with van der Waals surface area (Å²) in [6.07, 6.45) is 11.9. The molecule has 8 heteroatoms. The molecule has 0 radical (unpaired) electrons. The van der Waals surface area contributed by atoms with Crippen LogP contribution in [0.1, 0.15) is 25.2 Å². The van der Waals surface area contributed by atoms with Crippen molar-refractivity contribution >= 4 is 17.4 Å². The standard InChI is InChI=1S/C26H34N4O3S/c1-2-5-24(6-3-1)32-17-18-34-20-25-27-28-26(33-25)21-7-9-22(10-8-21)30-13-11-23(19-30)29-12-4-15-31-16-14-29/h1-3,5,7-10,23-24H,4,6,11-20H2. The first kappa shape index (κ1) is 23.6. The molecule has 2 atom stereocenters. The molecular formula is C26H34N4O3S. The second-order valence-corrected chi connectivity index (χ2v) is 10.1. The third-order valence-electron chi connectivity index (χ3n) is 6.61. The Bertz CT molecular complexity index is 953. The minimum absolute atomic E-state index is 0.207. The smallest absolute Gasteiger partial charge is 0.247 e. The number of aromatic nitrogens is 2. The van der Waals surface area contributed by atoms with Crippen molar-refractivity contribution in [3.63, 3.8) is 0 Å². The second-order valence-electron chi connectivity index (χ2n) is 8.95. The van der Waals surface area contributed by atoms with E-state index in [4.69, 9.17) is 13.9 Å². The number of anilines is 1. The van der Waals surface area contributed by atoms with Crippen molar-refractivity contribution in [2.24, 2.45) is 0 Å². The second kappa shape index (κ2) is 12.0. The van der Waals surface area contributed by atoms with Gasteiger partial charge >= 0.3 is 0 Å². The van der Waals surface area contributed by atoms with E-state index in [2.05, 4.69) is 62.5 Å². The zero-order valence-electron chi connectivity index (χ0n) is 19.7. The van der Waals surface area contributed by atoms with Gasteiger partial charge in [-0.1, -0.05) is 24.3 Å². The number of hydrogen-bond acceptors (Lipinski definition) is 8. The van der Waals surface area contributed by atoms with Crippen LogP contribution in [0.2, 0.25) is 0 Å². The first-order valence-electron chi connectivity index (χ1n) is 12.4. The maximum absolute atomic E-state index is 5.90. The van der Waals surface area contributed by atoms with Crippen LogP contribution in [0.3, 0.4) is 0 Å². The lowest BCUT2D eigenvalue weighted by Gasteiger charge is -2.27. The number of thioether (sulfide) groups is 1. The van der Waals surface area contributed by atoms with Crippen LogP contribution in [0.4, 0.5) is 5.69 Å². The summed E-state index contributed by atoms with van der Waals surface area (Å²) in [6, 6.07) is 9.15. The summed E-state index contributed by atoms with van der Waals surface area (Å²) in [5, 5.41) is 8.48. The van der Waals surface area contributed by atoms with Crippen molar-refractivity contribution in [3.05, 3.63) is 54.5 Å². The van der Waals surface area contributed by atoms with Crippen LogP contribution in [-0.2, 0) is 15.2 Å². The van der Waals surface area contributed by atoms with Gasteiger partial charge in [0.2, 0.25) is 11.8 Å². The highest BCUT2D eigenvalue weighted by Gasteiger charge is 2.28. The Labute approximate surface area is 206 Å². The third kappa shape index (κ3) is 6.30. The highest BCUT2D eigenvalue weighted by Crippen LogP contribution is 2.27. The molecule has 0 bridgehead atoms. The van der Waals surface area contributed by atoms with Crippen LogP contribution in [0.15, 0.2) is 53.0 Å². The molecule has 2 saturated heterocycles. The summed E-state index contributed by atoms with van der Waals surface area (Å²) < 4.78 is 17.4. The summed E-state index contributed by atoms with van der Waals surface area (Å²) in [5.41, 5.74) is 2.23. The van der Waals surface area contributed by atoms with Crippen molar-refractivity contribution in [1.82, 2.24) is 15.1 Å². The number of allylic oxidation sites excluding steroid dienone is 2. The molecule has 0 spiro atoms. The van der Waals surface area contributed by atoms with Gasteiger partial charge in [-0.05, 0) is 43.5 Å². The Hall–Kier alpha value is -2.13. The van der Waals surface area contributed by atoms with Crippen molar-refractivity contribution < 1.29 is 13.9 Å². The number of ether oxygens (including phenoxy) is 2. The quantitative estimate of drug-likeness (QED) is 0.494. The molecule has 3 heterocycles. The minimum Gasteiger partial charge on any atom is -0.420 e. The molecule has 1 aromatic heterocycles. The molecule has 2 aliphatic heterocycles. The number of rotatable bonds is 9. The van der Waals surface area contributed by atoms with Gasteiger partial charge in [-0.25, -0.2) is 0 Å². The van der Waals surface area contributed by atoms with E-state index in [1.165, 1.54) is 12.1 Å². The van der Waals surface area contributed by atoms with E-state index in [1.807, 2.05) is 6.08 Å². The molecular weight excluding hydrogens is 448 g/mol. The highest BCUT2D eigenvalue weighted by molar-refractivity contribution is 7.98. The van der Waals surface area contributed by atoms with Gasteiger partial charge in [-0.2, -0.15) is 0 Å². The molecule has 0 saturated carbocycles. The average Bonchev–Trinajstić information content (AvgIpc) is 3.49. The van der Waals surface area contributed by atoms with Crippen molar-refractivity contribution in [3.8, 4) is 11.5 Å². The lowest BCUT2D eigenvalue weighted by molar-refractivity contribution is 0.0999. The summed E-state index contributed by atoms with van der Waals surface area (Å²) in [4.78, 5) is 5.09. The maximum Gasteiger partial charge on any atom is 0.247 e.